The fourth-order valence-electron chi connectivity index (χ4n) is 5.24. The summed E-state index contributed by atoms with van der Waals surface area (Å²) in [5.74, 6) is -0.650. The zero-order valence-electron chi connectivity index (χ0n) is 24.3. The summed E-state index contributed by atoms with van der Waals surface area (Å²) in [4.78, 5) is 24.3. The molecule has 2 amide bonds. The topological polar surface area (TPSA) is 238 Å². The summed E-state index contributed by atoms with van der Waals surface area (Å²) >= 11 is 0. The quantitative estimate of drug-likeness (QED) is 0.0737. The fourth-order valence-corrected chi connectivity index (χ4v) is 5.24. The minimum absolute atomic E-state index is 0.254. The molecule has 2 saturated heterocycles. The number of unbranched alkanes of at least 4 members (excludes halogenated alkanes) is 11. The van der Waals surface area contributed by atoms with E-state index in [2.05, 4.69) is 10.6 Å². The Hall–Kier alpha value is -1.46. The van der Waals surface area contributed by atoms with E-state index in [1.54, 1.807) is 0 Å². The molecular weight excluding hydrogens is 556 g/mol. The highest BCUT2D eigenvalue weighted by molar-refractivity contribution is 5.76. The lowest BCUT2D eigenvalue weighted by molar-refractivity contribution is -0.236. The number of amides is 2. The van der Waals surface area contributed by atoms with Crippen molar-refractivity contribution in [2.45, 2.75) is 151 Å². The van der Waals surface area contributed by atoms with E-state index >= 15 is 0 Å². The second-order valence-corrected chi connectivity index (χ2v) is 11.4. The molecule has 0 bridgehead atoms. The molecule has 0 radical (unpaired) electrons. The third-order valence-corrected chi connectivity index (χ3v) is 7.95. The molecule has 2 unspecified atom stereocenters. The molecule has 14 heteroatoms. The van der Waals surface area contributed by atoms with Gasteiger partial charge in [0.15, 0.2) is 12.5 Å². The van der Waals surface area contributed by atoms with E-state index in [-0.39, 0.29) is 24.7 Å². The monoisotopic (exact) mass is 608 g/mol. The van der Waals surface area contributed by atoms with Gasteiger partial charge < -0.3 is 61.0 Å². The highest BCUT2D eigenvalue weighted by Gasteiger charge is 2.45. The van der Waals surface area contributed by atoms with Crippen molar-refractivity contribution in [1.82, 2.24) is 10.6 Å². The summed E-state index contributed by atoms with van der Waals surface area (Å²) < 4.78 is 10.6. The first-order valence-electron chi connectivity index (χ1n) is 15.3. The van der Waals surface area contributed by atoms with Gasteiger partial charge in [0.05, 0.1) is 13.2 Å². The second kappa shape index (κ2) is 19.7. The number of nitrogens with one attached hydrogen (secondary N) is 2. The molecule has 2 aliphatic rings. The Morgan fingerprint density at radius 1 is 0.452 bits per heavy atom. The van der Waals surface area contributed by atoms with Crippen LogP contribution in [0.5, 0.6) is 0 Å². The lowest BCUT2D eigenvalue weighted by atomic mass is 9.98. The molecular formula is C28H52N2O12. The maximum atomic E-state index is 12.1. The highest BCUT2D eigenvalue weighted by Crippen LogP contribution is 2.21. The number of hydrogen-bond acceptors (Lipinski definition) is 12. The third kappa shape index (κ3) is 11.9. The molecule has 2 aliphatic heterocycles. The first-order valence-corrected chi connectivity index (χ1v) is 15.3. The molecule has 10 N–H and O–H groups in total. The summed E-state index contributed by atoms with van der Waals surface area (Å²) in [6.07, 6.45) is -1.01. The molecule has 2 rings (SSSR count). The maximum Gasteiger partial charge on any atom is 0.222 e. The molecule has 42 heavy (non-hydrogen) atoms. The van der Waals surface area contributed by atoms with Crippen LogP contribution < -0.4 is 10.6 Å². The summed E-state index contributed by atoms with van der Waals surface area (Å²) in [6.45, 7) is -1.09. The van der Waals surface area contributed by atoms with Crippen molar-refractivity contribution in [2.75, 3.05) is 13.2 Å². The first kappa shape index (κ1) is 36.7. The van der Waals surface area contributed by atoms with Crippen LogP contribution in [0.1, 0.15) is 89.9 Å². The molecule has 14 nitrogen and oxygen atoms in total. The van der Waals surface area contributed by atoms with Crippen LogP contribution in [0, 0.1) is 0 Å². The molecule has 0 spiro atoms. The number of aliphatic hydroxyl groups excluding tert-OH is 8. The van der Waals surface area contributed by atoms with Crippen molar-refractivity contribution in [3.63, 3.8) is 0 Å². The molecule has 0 saturated carbocycles. The van der Waals surface area contributed by atoms with Crippen molar-refractivity contribution in [3.05, 3.63) is 0 Å². The van der Waals surface area contributed by atoms with Crippen molar-refractivity contribution < 1.29 is 59.9 Å². The van der Waals surface area contributed by atoms with Crippen molar-refractivity contribution >= 4 is 11.8 Å². The van der Waals surface area contributed by atoms with E-state index in [0.29, 0.717) is 12.8 Å². The molecule has 10 atom stereocenters. The van der Waals surface area contributed by atoms with Gasteiger partial charge in [-0.2, -0.15) is 0 Å². The van der Waals surface area contributed by atoms with Gasteiger partial charge in [0, 0.05) is 12.8 Å². The van der Waals surface area contributed by atoms with Gasteiger partial charge in [-0.1, -0.05) is 64.2 Å². The van der Waals surface area contributed by atoms with Gasteiger partial charge in [-0.15, -0.1) is 0 Å². The van der Waals surface area contributed by atoms with Crippen LogP contribution in [0.4, 0.5) is 0 Å². The van der Waals surface area contributed by atoms with Crippen molar-refractivity contribution in [1.29, 1.82) is 0 Å². The van der Waals surface area contributed by atoms with Crippen molar-refractivity contribution in [2.24, 2.45) is 0 Å². The Morgan fingerprint density at radius 3 is 1.02 bits per heavy atom. The van der Waals surface area contributed by atoms with E-state index in [1.807, 2.05) is 0 Å². The van der Waals surface area contributed by atoms with E-state index in [9.17, 15) is 50.4 Å². The smallest absolute Gasteiger partial charge is 0.222 e. The number of aliphatic hydroxyl groups is 8. The van der Waals surface area contributed by atoms with Gasteiger partial charge in [0.1, 0.15) is 48.8 Å². The lowest BCUT2D eigenvalue weighted by Gasteiger charge is -2.40. The Labute approximate surface area is 247 Å². The zero-order valence-corrected chi connectivity index (χ0v) is 24.3. The Bertz CT molecular complexity index is 711. The van der Waals surface area contributed by atoms with E-state index in [4.69, 9.17) is 9.47 Å². The van der Waals surface area contributed by atoms with Gasteiger partial charge in [-0.05, 0) is 12.8 Å². The third-order valence-electron chi connectivity index (χ3n) is 7.95. The maximum absolute atomic E-state index is 12.1. The van der Waals surface area contributed by atoms with Crippen molar-refractivity contribution in [3.8, 4) is 0 Å². The second-order valence-electron chi connectivity index (χ2n) is 11.4. The predicted molar refractivity (Wildman–Crippen MR) is 148 cm³/mol. The van der Waals surface area contributed by atoms with Crippen LogP contribution in [0.2, 0.25) is 0 Å². The average Bonchev–Trinajstić information content (AvgIpc) is 2.97. The van der Waals surface area contributed by atoms with Crippen LogP contribution in [-0.2, 0) is 19.1 Å². The van der Waals surface area contributed by atoms with Crippen LogP contribution in [0.25, 0.3) is 0 Å². The summed E-state index contributed by atoms with van der Waals surface area (Å²) in [7, 11) is 0. The largest absolute Gasteiger partial charge is 0.394 e. The number of carbonyl (C=O) groups is 2. The molecule has 0 aromatic carbocycles. The van der Waals surface area contributed by atoms with Gasteiger partial charge in [-0.25, -0.2) is 0 Å². The van der Waals surface area contributed by atoms with E-state index in [0.717, 1.165) is 64.2 Å². The molecule has 2 heterocycles. The normalized spacial score (nSPS) is 33.3. The number of rotatable bonds is 19. The van der Waals surface area contributed by atoms with E-state index in [1.165, 1.54) is 0 Å². The number of carbonyl (C=O) groups excluding carboxylic acids is 2. The van der Waals surface area contributed by atoms with Gasteiger partial charge in [0.25, 0.3) is 0 Å². The standard InChI is InChI=1S/C28H52N2O12/c31-15-17-21(35)23(37)25(39)27(41-17)29-19(33)13-11-9-7-5-3-1-2-4-6-8-10-12-14-20(34)30-28-26(40)24(38)22(36)18(16-32)42-28/h17-18,21-28,31-32,35-40H,1-16H2,(H,29,33)(H,30,34)/t17-,18-,21-,22-,23+,24+,25-,26-,27?,28?/m1/s1. The lowest BCUT2D eigenvalue weighted by Crippen LogP contribution is -2.63. The van der Waals surface area contributed by atoms with Crippen LogP contribution in [0.3, 0.4) is 0 Å². The number of hydrogen-bond donors (Lipinski definition) is 10. The Balaban J connectivity index is 1.39. The molecule has 0 aromatic heterocycles. The van der Waals surface area contributed by atoms with Crippen LogP contribution in [0.15, 0.2) is 0 Å². The van der Waals surface area contributed by atoms with Gasteiger partial charge in [-0.3, -0.25) is 9.59 Å². The molecule has 0 aromatic rings. The van der Waals surface area contributed by atoms with Crippen LogP contribution in [-0.4, -0.2) is 127 Å². The Morgan fingerprint density at radius 2 is 0.738 bits per heavy atom. The molecule has 2 fully saturated rings. The highest BCUT2D eigenvalue weighted by atomic mass is 16.6. The Kier molecular flexibility index (Phi) is 17.3. The first-order chi connectivity index (χ1) is 20.1. The summed E-state index contributed by atoms with van der Waals surface area (Å²) in [5, 5.41) is 82.6. The van der Waals surface area contributed by atoms with Crippen LogP contribution >= 0.6 is 0 Å². The summed E-state index contributed by atoms with van der Waals surface area (Å²) in [6, 6.07) is 0. The van der Waals surface area contributed by atoms with E-state index < -0.39 is 74.5 Å². The SMILES string of the molecule is O=C(CCCCCCCCCCCCCCC(=O)NC1O[C@H](CO)[C@@H](O)[C@H](O)[C@H]1O)NC1O[C@H](CO)[C@@H](O)[C@H](O)[C@H]1O. The predicted octanol–water partition coefficient (Wildman–Crippen LogP) is -1.72. The summed E-state index contributed by atoms with van der Waals surface area (Å²) in [5.41, 5.74) is 0. The minimum Gasteiger partial charge on any atom is -0.394 e. The molecule has 0 aliphatic carbocycles. The molecule has 246 valence electrons. The van der Waals surface area contributed by atoms with Gasteiger partial charge in [0.2, 0.25) is 11.8 Å². The average molecular weight is 609 g/mol. The minimum atomic E-state index is -1.52. The fraction of sp³-hybridized carbons (Fsp3) is 0.929. The zero-order chi connectivity index (χ0) is 31.1. The number of ether oxygens (including phenoxy) is 2. The van der Waals surface area contributed by atoms with Gasteiger partial charge >= 0.3 is 0 Å².